The van der Waals surface area contributed by atoms with Gasteiger partial charge in [0.15, 0.2) is 11.6 Å². The van der Waals surface area contributed by atoms with Crippen molar-refractivity contribution in [2.75, 3.05) is 10.6 Å². The number of rotatable bonds is 5. The Morgan fingerprint density at radius 3 is 2.76 bits per heavy atom. The number of nitrogens with zero attached hydrogens (tertiary/aromatic N) is 3. The van der Waals surface area contributed by atoms with Crippen molar-refractivity contribution in [1.82, 2.24) is 14.8 Å². The zero-order chi connectivity index (χ0) is 18.0. The molecule has 0 unspecified atom stereocenters. The van der Waals surface area contributed by atoms with E-state index in [0.29, 0.717) is 5.69 Å². The second kappa shape index (κ2) is 7.06. The monoisotopic (exact) mass is 347 g/mol. The molecule has 134 valence electrons. The number of primary amides is 1. The van der Waals surface area contributed by atoms with E-state index in [-0.39, 0.29) is 29.3 Å². The van der Waals surface area contributed by atoms with Gasteiger partial charge in [0.1, 0.15) is 5.82 Å². The molecule has 0 aromatic carbocycles. The number of halogens is 1. The fourth-order valence-electron chi connectivity index (χ4n) is 3.01. The molecule has 1 aliphatic carbocycles. The fourth-order valence-corrected chi connectivity index (χ4v) is 3.01. The predicted molar refractivity (Wildman–Crippen MR) is 93.1 cm³/mol. The number of anilines is 3. The molecule has 0 bridgehead atoms. The summed E-state index contributed by atoms with van der Waals surface area (Å²) < 4.78 is 16.0. The summed E-state index contributed by atoms with van der Waals surface area (Å²) in [6.45, 7) is 0. The van der Waals surface area contributed by atoms with Gasteiger partial charge in [-0.05, 0) is 18.9 Å². The summed E-state index contributed by atoms with van der Waals surface area (Å²) in [7, 11) is 1.76. The second-order valence-corrected chi connectivity index (χ2v) is 6.31. The van der Waals surface area contributed by atoms with Crippen LogP contribution in [0.1, 0.15) is 36.0 Å². The quantitative estimate of drug-likeness (QED) is 0.649. The van der Waals surface area contributed by atoms with E-state index < -0.39 is 11.7 Å². The van der Waals surface area contributed by atoms with Gasteiger partial charge >= 0.3 is 0 Å². The molecule has 25 heavy (non-hydrogen) atoms. The smallest absolute Gasteiger partial charge is 0.252 e. The van der Waals surface area contributed by atoms with E-state index in [2.05, 4.69) is 20.7 Å². The first-order valence-electron chi connectivity index (χ1n) is 8.22. The normalized spacial score (nSPS) is 20.3. The summed E-state index contributed by atoms with van der Waals surface area (Å²) in [5.74, 6) is -1.17. The number of amides is 1. The topological polar surface area (TPSA) is 124 Å². The van der Waals surface area contributed by atoms with Crippen molar-refractivity contribution in [3.05, 3.63) is 29.8 Å². The lowest BCUT2D eigenvalue weighted by Crippen LogP contribution is -2.43. The molecular weight excluding hydrogens is 325 g/mol. The molecule has 0 saturated heterocycles. The molecule has 1 fully saturated rings. The van der Waals surface area contributed by atoms with Crippen LogP contribution in [-0.2, 0) is 7.05 Å². The fraction of sp³-hybridized carbons (Fsp3) is 0.438. The number of aromatic nitrogens is 3. The molecule has 1 aliphatic rings. The summed E-state index contributed by atoms with van der Waals surface area (Å²) in [6, 6.07) is 0.979. The number of aryl methyl sites for hydroxylation is 1. The van der Waals surface area contributed by atoms with Crippen LogP contribution in [0, 0.1) is 5.82 Å². The van der Waals surface area contributed by atoms with Crippen molar-refractivity contribution in [3.63, 3.8) is 0 Å². The van der Waals surface area contributed by atoms with Crippen molar-refractivity contribution < 1.29 is 9.18 Å². The van der Waals surface area contributed by atoms with Crippen molar-refractivity contribution in [2.24, 2.45) is 18.5 Å². The van der Waals surface area contributed by atoms with Gasteiger partial charge < -0.3 is 22.1 Å². The van der Waals surface area contributed by atoms with Crippen LogP contribution in [0.2, 0.25) is 0 Å². The molecule has 6 N–H and O–H groups in total. The number of hydrogen-bond acceptors (Lipinski definition) is 6. The summed E-state index contributed by atoms with van der Waals surface area (Å²) in [4.78, 5) is 15.9. The van der Waals surface area contributed by atoms with Gasteiger partial charge in [-0.1, -0.05) is 12.8 Å². The van der Waals surface area contributed by atoms with E-state index in [1.807, 2.05) is 0 Å². The average Bonchev–Trinajstić information content (AvgIpc) is 2.97. The van der Waals surface area contributed by atoms with Crippen LogP contribution in [0.4, 0.5) is 21.7 Å². The van der Waals surface area contributed by atoms with Gasteiger partial charge in [0, 0.05) is 25.3 Å². The van der Waals surface area contributed by atoms with Gasteiger partial charge in [-0.15, -0.1) is 0 Å². The summed E-state index contributed by atoms with van der Waals surface area (Å²) in [5.41, 5.74) is 12.0. The standard InChI is InChI=1S/C16H22FN7O/c1-24-8-9(7-20-24)21-15-10(14(19)25)6-11(17)16(23-15)22-13-5-3-2-4-12(13)18/h6-8,12-13H,2-5,18H2,1H3,(H2,19,25)(H2,21,22,23)/t12-,13+/m0/s1. The van der Waals surface area contributed by atoms with Gasteiger partial charge in [-0.3, -0.25) is 9.48 Å². The Morgan fingerprint density at radius 2 is 2.12 bits per heavy atom. The minimum absolute atomic E-state index is 0.0279. The molecule has 2 aromatic rings. The lowest BCUT2D eigenvalue weighted by molar-refractivity contribution is 0.100. The van der Waals surface area contributed by atoms with E-state index in [9.17, 15) is 9.18 Å². The first-order valence-corrected chi connectivity index (χ1v) is 8.22. The van der Waals surface area contributed by atoms with Crippen molar-refractivity contribution >= 4 is 23.2 Å². The van der Waals surface area contributed by atoms with E-state index in [1.165, 1.54) is 0 Å². The van der Waals surface area contributed by atoms with E-state index in [1.54, 1.807) is 24.1 Å². The summed E-state index contributed by atoms with van der Waals surface area (Å²) in [6.07, 6.45) is 7.13. The largest absolute Gasteiger partial charge is 0.365 e. The van der Waals surface area contributed by atoms with E-state index >= 15 is 0 Å². The highest BCUT2D eigenvalue weighted by molar-refractivity contribution is 5.98. The lowest BCUT2D eigenvalue weighted by Gasteiger charge is -2.30. The van der Waals surface area contributed by atoms with Gasteiger partial charge in [0.25, 0.3) is 5.91 Å². The number of carbonyl (C=O) groups excluding carboxylic acids is 1. The van der Waals surface area contributed by atoms with Crippen LogP contribution in [0.15, 0.2) is 18.5 Å². The SMILES string of the molecule is Cn1cc(Nc2nc(N[C@@H]3CCCC[C@@H]3N)c(F)cc2C(N)=O)cn1. The Kier molecular flexibility index (Phi) is 4.84. The zero-order valence-corrected chi connectivity index (χ0v) is 14.0. The van der Waals surface area contributed by atoms with Gasteiger partial charge in [-0.25, -0.2) is 9.37 Å². The molecule has 0 aliphatic heterocycles. The van der Waals surface area contributed by atoms with Crippen LogP contribution in [-0.4, -0.2) is 32.8 Å². The molecule has 9 heteroatoms. The Bertz CT molecular complexity index is 776. The Morgan fingerprint density at radius 1 is 1.36 bits per heavy atom. The van der Waals surface area contributed by atoms with Crippen LogP contribution in [0.25, 0.3) is 0 Å². The van der Waals surface area contributed by atoms with Gasteiger partial charge in [-0.2, -0.15) is 5.10 Å². The number of carbonyl (C=O) groups is 1. The number of nitrogens with one attached hydrogen (secondary N) is 2. The highest BCUT2D eigenvalue weighted by atomic mass is 19.1. The van der Waals surface area contributed by atoms with Crippen molar-refractivity contribution in [2.45, 2.75) is 37.8 Å². The summed E-state index contributed by atoms with van der Waals surface area (Å²) >= 11 is 0. The molecule has 1 amide bonds. The van der Waals surface area contributed by atoms with Crippen LogP contribution >= 0.6 is 0 Å². The third kappa shape index (κ3) is 3.87. The molecule has 2 heterocycles. The van der Waals surface area contributed by atoms with Crippen molar-refractivity contribution in [1.29, 1.82) is 0 Å². The minimum Gasteiger partial charge on any atom is -0.365 e. The molecule has 3 rings (SSSR count). The minimum atomic E-state index is -0.765. The molecule has 0 radical (unpaired) electrons. The highest BCUT2D eigenvalue weighted by Crippen LogP contribution is 2.26. The number of hydrogen-bond donors (Lipinski definition) is 4. The number of nitrogens with two attached hydrogens (primary N) is 2. The molecule has 1 saturated carbocycles. The lowest BCUT2D eigenvalue weighted by atomic mass is 9.91. The van der Waals surface area contributed by atoms with Gasteiger partial charge in [0.2, 0.25) is 0 Å². The summed E-state index contributed by atoms with van der Waals surface area (Å²) in [5, 5.41) is 10.1. The van der Waals surface area contributed by atoms with Crippen molar-refractivity contribution in [3.8, 4) is 0 Å². The van der Waals surface area contributed by atoms with E-state index in [4.69, 9.17) is 11.5 Å². The van der Waals surface area contributed by atoms with Gasteiger partial charge in [0.05, 0.1) is 17.4 Å². The predicted octanol–water partition coefficient (Wildman–Crippen LogP) is 1.48. The average molecular weight is 347 g/mol. The van der Waals surface area contributed by atoms with Crippen LogP contribution in [0.5, 0.6) is 0 Å². The Labute approximate surface area is 144 Å². The maximum absolute atomic E-state index is 14.4. The van der Waals surface area contributed by atoms with E-state index in [0.717, 1.165) is 31.7 Å². The Hall–Kier alpha value is -2.68. The number of pyridine rings is 1. The van der Waals surface area contributed by atoms with Crippen LogP contribution < -0.4 is 22.1 Å². The third-order valence-electron chi connectivity index (χ3n) is 4.35. The maximum Gasteiger partial charge on any atom is 0.252 e. The molecule has 0 spiro atoms. The third-order valence-corrected chi connectivity index (χ3v) is 4.35. The molecular formula is C16H22FN7O. The molecule has 2 aromatic heterocycles. The maximum atomic E-state index is 14.4. The molecule has 2 atom stereocenters. The zero-order valence-electron chi connectivity index (χ0n) is 14.0. The highest BCUT2D eigenvalue weighted by Gasteiger charge is 2.24. The first kappa shape index (κ1) is 17.2. The van der Waals surface area contributed by atoms with Crippen LogP contribution in [0.3, 0.4) is 0 Å². The second-order valence-electron chi connectivity index (χ2n) is 6.31. The molecule has 8 nitrogen and oxygen atoms in total. The Balaban J connectivity index is 1.90. The first-order chi connectivity index (χ1) is 11.9.